The maximum atomic E-state index is 14.3. The summed E-state index contributed by atoms with van der Waals surface area (Å²) >= 11 is 6.00. The lowest BCUT2D eigenvalue weighted by atomic mass is 10.0. The van der Waals surface area contributed by atoms with E-state index in [1.807, 2.05) is 0 Å². The summed E-state index contributed by atoms with van der Waals surface area (Å²) in [5.41, 5.74) is 9.71. The van der Waals surface area contributed by atoms with Gasteiger partial charge in [0.1, 0.15) is 23.2 Å². The van der Waals surface area contributed by atoms with Crippen molar-refractivity contribution in [3.8, 4) is 11.1 Å². The van der Waals surface area contributed by atoms with Crippen molar-refractivity contribution < 1.29 is 38.1 Å². The zero-order chi connectivity index (χ0) is 31.0. The third kappa shape index (κ3) is 8.91. The molecule has 42 heavy (non-hydrogen) atoms. The molecule has 1 aromatic heterocycles. The van der Waals surface area contributed by atoms with E-state index in [4.69, 9.17) is 26.8 Å². The average molecular weight is 604 g/mol. The number of hydrazine groups is 1. The van der Waals surface area contributed by atoms with Gasteiger partial charge in [0.25, 0.3) is 5.91 Å². The Morgan fingerprint density at radius 1 is 1.10 bits per heavy atom. The number of aromatic nitrogens is 2. The van der Waals surface area contributed by atoms with Crippen molar-refractivity contribution in [1.29, 1.82) is 0 Å². The quantitative estimate of drug-likeness (QED) is 0.0982. The predicted molar refractivity (Wildman–Crippen MR) is 149 cm³/mol. The van der Waals surface area contributed by atoms with Crippen molar-refractivity contribution in [2.24, 2.45) is 11.7 Å². The van der Waals surface area contributed by atoms with E-state index in [2.05, 4.69) is 15.6 Å². The maximum Gasteiger partial charge on any atom is 0.339 e. The zero-order valence-electron chi connectivity index (χ0n) is 23.1. The highest BCUT2D eigenvalue weighted by molar-refractivity contribution is 6.30. The van der Waals surface area contributed by atoms with Crippen molar-refractivity contribution in [1.82, 2.24) is 20.6 Å². The number of nitrogens with one attached hydrogen (secondary N) is 2. The summed E-state index contributed by atoms with van der Waals surface area (Å²) in [7, 11) is 0. The smallest absolute Gasteiger partial charge is 0.339 e. The van der Waals surface area contributed by atoms with Crippen molar-refractivity contribution >= 4 is 35.2 Å². The number of carbonyl (C=O) groups excluding carboxylic acids is 4. The Kier molecular flexibility index (Phi) is 11.3. The Morgan fingerprint density at radius 3 is 2.38 bits per heavy atom. The largest absolute Gasteiger partial charge is 0.427 e. The number of rotatable bonds is 13. The van der Waals surface area contributed by atoms with Gasteiger partial charge in [-0.3, -0.25) is 24.9 Å². The van der Waals surface area contributed by atoms with Gasteiger partial charge in [0, 0.05) is 24.1 Å². The van der Waals surface area contributed by atoms with Crippen LogP contribution in [0.2, 0.25) is 5.02 Å². The van der Waals surface area contributed by atoms with Crippen molar-refractivity contribution in [2.45, 2.75) is 39.5 Å². The van der Waals surface area contributed by atoms with Gasteiger partial charge in [-0.05, 0) is 41.3 Å². The Bertz CT molecular complexity index is 1430. The van der Waals surface area contributed by atoms with Gasteiger partial charge in [0.05, 0.1) is 6.54 Å². The number of halogens is 2. The summed E-state index contributed by atoms with van der Waals surface area (Å²) < 4.78 is 24.0. The third-order valence-corrected chi connectivity index (χ3v) is 6.30. The fourth-order valence-corrected chi connectivity index (χ4v) is 3.77. The fraction of sp³-hybridized carbons (Fsp3) is 0.321. The highest BCUT2D eigenvalue weighted by Crippen LogP contribution is 2.26. The Hall–Kier alpha value is -4.17. The topological polar surface area (TPSA) is 177 Å². The molecule has 0 fully saturated rings. The molecule has 5 N–H and O–H groups in total. The van der Waals surface area contributed by atoms with Crippen LogP contribution in [0.4, 0.5) is 4.39 Å². The molecule has 0 saturated carbocycles. The predicted octanol–water partition coefficient (Wildman–Crippen LogP) is 2.61. The summed E-state index contributed by atoms with van der Waals surface area (Å²) in [5, 5.41) is 18.3. The van der Waals surface area contributed by atoms with Gasteiger partial charge in [-0.1, -0.05) is 49.7 Å². The number of nitrogens with two attached hydrogens (primary N) is 1. The SMILES string of the molecule is CC(=O)c1cc(C(=O)NN(Cc2ccc(-c3cc(Cl)ccc3F)cc2)CC(O)C(=O)OCOC(=O)C(N)C(C)C)[nH]n1. The Balaban J connectivity index is 1.71. The number of carbonyl (C=O) groups is 4. The molecule has 0 aliphatic rings. The summed E-state index contributed by atoms with van der Waals surface area (Å²) in [6, 6.07) is 11.2. The van der Waals surface area contributed by atoms with Crippen LogP contribution < -0.4 is 11.2 Å². The minimum atomic E-state index is -1.77. The molecule has 12 nitrogen and oxygen atoms in total. The van der Waals surface area contributed by atoms with E-state index in [9.17, 15) is 28.7 Å². The first-order chi connectivity index (χ1) is 19.8. The van der Waals surface area contributed by atoms with Crippen LogP contribution in [0.1, 0.15) is 47.3 Å². The van der Waals surface area contributed by atoms with Crippen LogP contribution in [-0.4, -0.2) is 69.4 Å². The number of ketones is 1. The van der Waals surface area contributed by atoms with E-state index in [0.29, 0.717) is 21.7 Å². The highest BCUT2D eigenvalue weighted by Gasteiger charge is 2.25. The summed E-state index contributed by atoms with van der Waals surface area (Å²) in [5.74, 6) is -3.60. The number of ether oxygens (including phenoxy) is 2. The number of hydrogen-bond donors (Lipinski definition) is 4. The molecule has 2 atom stereocenters. The molecule has 0 aliphatic heterocycles. The number of benzene rings is 2. The maximum absolute atomic E-state index is 14.3. The Labute approximate surface area is 245 Å². The number of aliphatic hydroxyl groups is 1. The van der Waals surface area contributed by atoms with E-state index in [-0.39, 0.29) is 29.6 Å². The molecule has 0 saturated heterocycles. The van der Waals surface area contributed by atoms with Crippen molar-refractivity contribution in [3.05, 3.63) is 76.3 Å². The average Bonchev–Trinajstić information content (AvgIpc) is 3.45. The molecule has 3 aromatic rings. The van der Waals surface area contributed by atoms with Crippen molar-refractivity contribution in [2.75, 3.05) is 13.3 Å². The van der Waals surface area contributed by atoms with Crippen LogP contribution >= 0.6 is 11.6 Å². The molecule has 224 valence electrons. The second-order valence-corrected chi connectivity index (χ2v) is 10.1. The van der Waals surface area contributed by atoms with Crippen LogP contribution in [-0.2, 0) is 25.6 Å². The van der Waals surface area contributed by atoms with E-state index < -0.39 is 49.1 Å². The van der Waals surface area contributed by atoms with Crippen LogP contribution in [0, 0.1) is 11.7 Å². The molecule has 1 heterocycles. The van der Waals surface area contributed by atoms with Crippen molar-refractivity contribution in [3.63, 3.8) is 0 Å². The van der Waals surface area contributed by atoms with E-state index >= 15 is 0 Å². The van der Waals surface area contributed by atoms with Crippen LogP contribution in [0.15, 0.2) is 48.5 Å². The third-order valence-electron chi connectivity index (χ3n) is 6.07. The molecule has 0 spiro atoms. The summed E-state index contributed by atoms with van der Waals surface area (Å²) in [6.45, 7) is 3.52. The highest BCUT2D eigenvalue weighted by atomic mass is 35.5. The van der Waals surface area contributed by atoms with E-state index in [0.717, 1.165) is 0 Å². The molecule has 1 amide bonds. The molecule has 2 unspecified atom stereocenters. The number of Topliss-reactive ketones (excluding diaryl/α,β-unsaturated/α-hetero) is 1. The molecule has 3 rings (SSSR count). The van der Waals surface area contributed by atoms with Gasteiger partial charge in [-0.25, -0.2) is 14.2 Å². The second-order valence-electron chi connectivity index (χ2n) is 9.70. The first kappa shape index (κ1) is 32.3. The van der Waals surface area contributed by atoms with Gasteiger partial charge in [-0.15, -0.1) is 0 Å². The van der Waals surface area contributed by atoms with Gasteiger partial charge in [0.2, 0.25) is 6.79 Å². The van der Waals surface area contributed by atoms with Crippen LogP contribution in [0.5, 0.6) is 0 Å². The van der Waals surface area contributed by atoms with Gasteiger partial charge < -0.3 is 20.3 Å². The number of aromatic amines is 1. The minimum absolute atomic E-state index is 0.0136. The van der Waals surface area contributed by atoms with Gasteiger partial charge in [-0.2, -0.15) is 5.10 Å². The lowest BCUT2D eigenvalue weighted by Crippen LogP contribution is -2.47. The molecule has 14 heteroatoms. The molecule has 0 aliphatic carbocycles. The first-order valence-electron chi connectivity index (χ1n) is 12.8. The number of esters is 2. The Morgan fingerprint density at radius 2 is 1.76 bits per heavy atom. The van der Waals surface area contributed by atoms with Gasteiger partial charge in [0.15, 0.2) is 11.9 Å². The summed E-state index contributed by atoms with van der Waals surface area (Å²) in [6.07, 6.45) is -1.77. The normalized spacial score (nSPS) is 12.6. The molecular formula is C28H31ClFN5O7. The molecule has 2 aromatic carbocycles. The number of aliphatic hydroxyl groups excluding tert-OH is 1. The standard InChI is InChI=1S/C28H31ClFN5O7/c1-15(2)25(31)28(40)42-14-41-27(39)24(37)13-35(34-26(38)23-11-22(16(3)36)32-33-23)12-17-4-6-18(7-5-17)20-10-19(29)8-9-21(20)30/h4-11,15,24-25,37H,12-14,31H2,1-3H3,(H,32,33)(H,34,38). The number of hydrogen-bond acceptors (Lipinski definition) is 10. The van der Waals surface area contributed by atoms with E-state index in [1.54, 1.807) is 38.1 Å². The molecular weight excluding hydrogens is 573 g/mol. The summed E-state index contributed by atoms with van der Waals surface area (Å²) in [4.78, 5) is 48.6. The lowest BCUT2D eigenvalue weighted by molar-refractivity contribution is -0.175. The number of H-pyrrole nitrogens is 1. The molecule has 0 radical (unpaired) electrons. The lowest BCUT2D eigenvalue weighted by Gasteiger charge is -2.25. The number of amides is 1. The van der Waals surface area contributed by atoms with Gasteiger partial charge >= 0.3 is 11.9 Å². The zero-order valence-corrected chi connectivity index (χ0v) is 23.9. The fourth-order valence-electron chi connectivity index (χ4n) is 3.59. The van der Waals surface area contributed by atoms with E-state index in [1.165, 1.54) is 36.2 Å². The first-order valence-corrected chi connectivity index (χ1v) is 13.2. The molecule has 0 bridgehead atoms. The second kappa shape index (κ2) is 14.6. The van der Waals surface area contributed by atoms with Crippen LogP contribution in [0.25, 0.3) is 11.1 Å². The number of nitrogens with zero attached hydrogens (tertiary/aromatic N) is 2. The monoisotopic (exact) mass is 603 g/mol. The minimum Gasteiger partial charge on any atom is -0.427 e. The van der Waals surface area contributed by atoms with Crippen LogP contribution in [0.3, 0.4) is 0 Å².